The molecule has 0 spiro atoms. The molecule has 1 aliphatic carbocycles. The number of aliphatic hydroxyl groups is 4. The van der Waals surface area contributed by atoms with Crippen LogP contribution in [0.4, 0.5) is 0 Å². The Hall–Kier alpha value is -1.84. The van der Waals surface area contributed by atoms with Crippen molar-refractivity contribution in [2.45, 2.75) is 56.4 Å². The van der Waals surface area contributed by atoms with Crippen molar-refractivity contribution in [2.24, 2.45) is 0 Å². The van der Waals surface area contributed by atoms with Gasteiger partial charge in [-0.05, 0) is 42.9 Å². The molecule has 27 heavy (non-hydrogen) atoms. The largest absolute Gasteiger partial charge is 0.504 e. The Bertz CT molecular complexity index is 743. The molecule has 0 bridgehead atoms. The van der Waals surface area contributed by atoms with E-state index in [0.717, 1.165) is 31.2 Å². The van der Waals surface area contributed by atoms with Crippen LogP contribution in [0.3, 0.4) is 0 Å². The van der Waals surface area contributed by atoms with E-state index in [2.05, 4.69) is 0 Å². The number of phenolic OH excluding ortho intramolecular Hbond substituents is 1. The van der Waals surface area contributed by atoms with Gasteiger partial charge in [0.1, 0.15) is 36.8 Å². The highest BCUT2D eigenvalue weighted by Gasteiger charge is 2.45. The second kappa shape index (κ2) is 7.29. The Morgan fingerprint density at radius 3 is 2.59 bits per heavy atom. The molecule has 2 heterocycles. The van der Waals surface area contributed by atoms with Crippen LogP contribution < -0.4 is 9.47 Å². The average Bonchev–Trinajstić information content (AvgIpc) is 2.69. The number of aromatic hydroxyl groups is 1. The molecule has 0 saturated carbocycles. The number of fused-ring (bicyclic) bond motifs is 2. The summed E-state index contributed by atoms with van der Waals surface area (Å²) in [4.78, 5) is 0. The molecule has 8 nitrogen and oxygen atoms in total. The predicted octanol–water partition coefficient (Wildman–Crippen LogP) is 0.291. The van der Waals surface area contributed by atoms with Gasteiger partial charge in [0.15, 0.2) is 11.5 Å². The van der Waals surface area contributed by atoms with Crippen LogP contribution in [0.2, 0.25) is 0 Å². The van der Waals surface area contributed by atoms with Crippen molar-refractivity contribution in [2.75, 3.05) is 13.2 Å². The Morgan fingerprint density at radius 1 is 1.04 bits per heavy atom. The maximum atomic E-state index is 10.4. The SMILES string of the molecule is OC[C@H]1O[C@@H](Oc2cc3c(cc2O)C2=C(CCCC2)CO3)[C@H](O)[C@H](O)[C@H]1O. The molecule has 1 saturated heterocycles. The molecule has 1 aromatic rings. The van der Waals surface area contributed by atoms with Crippen LogP contribution in [0.1, 0.15) is 31.2 Å². The van der Waals surface area contributed by atoms with E-state index in [-0.39, 0.29) is 11.5 Å². The zero-order chi connectivity index (χ0) is 19.1. The molecule has 4 rings (SSSR count). The van der Waals surface area contributed by atoms with Gasteiger partial charge in [-0.15, -0.1) is 0 Å². The van der Waals surface area contributed by atoms with Crippen LogP contribution in [0.15, 0.2) is 17.7 Å². The van der Waals surface area contributed by atoms with Crippen LogP contribution >= 0.6 is 0 Å². The third-order valence-electron chi connectivity index (χ3n) is 5.46. The molecule has 148 valence electrons. The summed E-state index contributed by atoms with van der Waals surface area (Å²) in [6.45, 7) is -0.0480. The molecule has 3 aliphatic rings. The third kappa shape index (κ3) is 3.28. The van der Waals surface area contributed by atoms with Crippen LogP contribution in [0.25, 0.3) is 5.57 Å². The smallest absolute Gasteiger partial charge is 0.229 e. The van der Waals surface area contributed by atoms with Crippen molar-refractivity contribution in [3.8, 4) is 17.2 Å². The van der Waals surface area contributed by atoms with E-state index in [1.807, 2.05) is 0 Å². The number of ether oxygens (including phenoxy) is 3. The van der Waals surface area contributed by atoms with Gasteiger partial charge >= 0.3 is 0 Å². The highest BCUT2D eigenvalue weighted by molar-refractivity contribution is 5.77. The molecule has 0 amide bonds. The molecule has 0 radical (unpaired) electrons. The number of allylic oxidation sites excluding steroid dienone is 1. The van der Waals surface area contributed by atoms with Crippen molar-refractivity contribution in [1.29, 1.82) is 0 Å². The molecule has 1 aromatic carbocycles. The zero-order valence-electron chi connectivity index (χ0n) is 14.7. The molecule has 2 aliphatic heterocycles. The van der Waals surface area contributed by atoms with Crippen molar-refractivity contribution >= 4 is 5.57 Å². The molecular formula is C19H24O8. The lowest BCUT2D eigenvalue weighted by atomic mass is 9.86. The minimum Gasteiger partial charge on any atom is -0.504 e. The Balaban J connectivity index is 1.59. The standard InChI is InChI=1S/C19H24O8/c20-7-15-16(22)17(23)18(24)19(27-15)26-14-6-13-11(5-12(14)21)10-4-2-1-3-9(10)8-25-13/h5-6,15-24H,1-4,7-8H2/t15-,16+,17-,18-,19-/m1/s1. The fraction of sp³-hybridized carbons (Fsp3) is 0.579. The van der Waals surface area contributed by atoms with Crippen LogP contribution in [-0.2, 0) is 4.74 Å². The quantitative estimate of drug-likeness (QED) is 0.506. The van der Waals surface area contributed by atoms with Gasteiger partial charge in [-0.3, -0.25) is 0 Å². The highest BCUT2D eigenvalue weighted by atomic mass is 16.7. The minimum atomic E-state index is -1.55. The zero-order valence-corrected chi connectivity index (χ0v) is 14.7. The number of aliphatic hydroxyl groups excluding tert-OH is 4. The summed E-state index contributed by atoms with van der Waals surface area (Å²) in [5, 5.41) is 49.5. The van der Waals surface area contributed by atoms with Gasteiger partial charge in [0, 0.05) is 11.6 Å². The van der Waals surface area contributed by atoms with Crippen molar-refractivity contribution in [3.63, 3.8) is 0 Å². The van der Waals surface area contributed by atoms with Crippen LogP contribution in [-0.4, -0.2) is 69.5 Å². The monoisotopic (exact) mass is 380 g/mol. The van der Waals surface area contributed by atoms with Gasteiger partial charge < -0.3 is 39.7 Å². The number of hydrogen-bond acceptors (Lipinski definition) is 8. The molecule has 1 fully saturated rings. The van der Waals surface area contributed by atoms with E-state index in [9.17, 15) is 25.5 Å². The van der Waals surface area contributed by atoms with Crippen LogP contribution in [0.5, 0.6) is 17.2 Å². The fourth-order valence-electron chi connectivity index (χ4n) is 3.91. The Labute approximate surface area is 156 Å². The Morgan fingerprint density at radius 2 is 1.81 bits per heavy atom. The van der Waals surface area contributed by atoms with Crippen LogP contribution in [0, 0.1) is 0 Å². The first-order chi connectivity index (χ1) is 13.0. The van der Waals surface area contributed by atoms with Gasteiger partial charge in [0.25, 0.3) is 0 Å². The molecule has 5 atom stereocenters. The third-order valence-corrected chi connectivity index (χ3v) is 5.46. The molecule has 5 N–H and O–H groups in total. The van der Waals surface area contributed by atoms with E-state index < -0.39 is 37.3 Å². The normalized spacial score (nSPS) is 33.1. The van der Waals surface area contributed by atoms with E-state index in [4.69, 9.17) is 14.2 Å². The highest BCUT2D eigenvalue weighted by Crippen LogP contribution is 2.45. The summed E-state index contributed by atoms with van der Waals surface area (Å²) >= 11 is 0. The number of hydrogen-bond donors (Lipinski definition) is 5. The molecule has 0 aromatic heterocycles. The first kappa shape index (κ1) is 18.5. The second-order valence-corrected chi connectivity index (χ2v) is 7.21. The summed E-state index contributed by atoms with van der Waals surface area (Å²) in [7, 11) is 0. The topological polar surface area (TPSA) is 129 Å². The van der Waals surface area contributed by atoms with E-state index >= 15 is 0 Å². The maximum Gasteiger partial charge on any atom is 0.229 e. The lowest BCUT2D eigenvalue weighted by Gasteiger charge is -2.39. The second-order valence-electron chi connectivity index (χ2n) is 7.21. The van der Waals surface area contributed by atoms with E-state index in [1.165, 1.54) is 17.2 Å². The van der Waals surface area contributed by atoms with Gasteiger partial charge in [0.2, 0.25) is 6.29 Å². The predicted molar refractivity (Wildman–Crippen MR) is 93.4 cm³/mol. The summed E-state index contributed by atoms with van der Waals surface area (Å²) in [6, 6.07) is 3.11. The average molecular weight is 380 g/mol. The van der Waals surface area contributed by atoms with Gasteiger partial charge in [-0.25, -0.2) is 0 Å². The van der Waals surface area contributed by atoms with Gasteiger partial charge in [0.05, 0.1) is 6.61 Å². The summed E-state index contributed by atoms with van der Waals surface area (Å²) < 4.78 is 16.7. The van der Waals surface area contributed by atoms with Crippen molar-refractivity contribution < 1.29 is 39.7 Å². The van der Waals surface area contributed by atoms with E-state index in [1.54, 1.807) is 6.07 Å². The maximum absolute atomic E-state index is 10.4. The Kier molecular flexibility index (Phi) is 5.00. The summed E-state index contributed by atoms with van der Waals surface area (Å²) in [6.07, 6.45) is -2.83. The summed E-state index contributed by atoms with van der Waals surface area (Å²) in [5.41, 5.74) is 3.31. The van der Waals surface area contributed by atoms with Gasteiger partial charge in [-0.2, -0.15) is 0 Å². The summed E-state index contributed by atoms with van der Waals surface area (Å²) in [5.74, 6) is 0.458. The fourth-order valence-corrected chi connectivity index (χ4v) is 3.91. The molecule has 0 unspecified atom stereocenters. The van der Waals surface area contributed by atoms with Gasteiger partial charge in [-0.1, -0.05) is 0 Å². The number of phenols is 1. The van der Waals surface area contributed by atoms with E-state index in [0.29, 0.717) is 12.4 Å². The van der Waals surface area contributed by atoms with Crippen molar-refractivity contribution in [3.05, 3.63) is 23.3 Å². The first-order valence-electron chi connectivity index (χ1n) is 9.18. The minimum absolute atomic E-state index is 0.0259. The molecular weight excluding hydrogens is 356 g/mol. The lowest BCUT2D eigenvalue weighted by Crippen LogP contribution is -2.60. The molecule has 8 heteroatoms. The lowest BCUT2D eigenvalue weighted by molar-refractivity contribution is -0.277. The number of benzene rings is 1. The van der Waals surface area contributed by atoms with Crippen molar-refractivity contribution in [1.82, 2.24) is 0 Å². The number of rotatable bonds is 3. The first-order valence-corrected chi connectivity index (χ1v) is 9.18.